The minimum absolute atomic E-state index is 0.121. The van der Waals surface area contributed by atoms with E-state index in [2.05, 4.69) is 15.6 Å². The van der Waals surface area contributed by atoms with Crippen LogP contribution in [0.3, 0.4) is 0 Å². The summed E-state index contributed by atoms with van der Waals surface area (Å²) in [6.07, 6.45) is 0. The zero-order valence-electron chi connectivity index (χ0n) is 11.4. The summed E-state index contributed by atoms with van der Waals surface area (Å²) in [6.45, 7) is 0. The van der Waals surface area contributed by atoms with Gasteiger partial charge in [0.25, 0.3) is 0 Å². The predicted molar refractivity (Wildman–Crippen MR) is 85.7 cm³/mol. The number of aromatic amines is 1. The van der Waals surface area contributed by atoms with Crippen LogP contribution < -0.4 is 25.0 Å². The molecule has 21 heavy (non-hydrogen) atoms. The first-order chi connectivity index (χ1) is 10.1. The quantitative estimate of drug-likeness (QED) is 0.749. The lowest BCUT2D eigenvalue weighted by molar-refractivity contribution is 0.354. The van der Waals surface area contributed by atoms with Crippen LogP contribution >= 0.6 is 23.6 Å². The summed E-state index contributed by atoms with van der Waals surface area (Å²) < 4.78 is 10.6. The van der Waals surface area contributed by atoms with Gasteiger partial charge in [0, 0.05) is 0 Å². The zero-order chi connectivity index (χ0) is 15.0. The molecule has 1 aliphatic rings. The van der Waals surface area contributed by atoms with Crippen molar-refractivity contribution in [2.24, 2.45) is 0 Å². The monoisotopic (exact) mass is 323 g/mol. The van der Waals surface area contributed by atoms with Crippen molar-refractivity contribution >= 4 is 34.5 Å². The van der Waals surface area contributed by atoms with Crippen LogP contribution in [-0.4, -0.2) is 24.3 Å². The number of thiazole rings is 1. The topological polar surface area (TPSA) is 75.4 Å². The van der Waals surface area contributed by atoms with Crippen LogP contribution in [0.15, 0.2) is 23.0 Å². The Hall–Kier alpha value is -2.06. The number of nitrogens with one attached hydrogen (secondary N) is 3. The van der Waals surface area contributed by atoms with E-state index in [1.807, 2.05) is 18.2 Å². The van der Waals surface area contributed by atoms with E-state index in [9.17, 15) is 4.79 Å². The Kier molecular flexibility index (Phi) is 3.56. The van der Waals surface area contributed by atoms with Gasteiger partial charge in [-0.25, -0.2) is 0 Å². The fraction of sp³-hybridized carbons (Fsp3) is 0.231. The van der Waals surface area contributed by atoms with Gasteiger partial charge in [0.15, 0.2) is 16.6 Å². The van der Waals surface area contributed by atoms with Gasteiger partial charge in [-0.2, -0.15) is 0 Å². The van der Waals surface area contributed by atoms with Crippen molar-refractivity contribution < 1.29 is 9.47 Å². The molecule has 1 atom stereocenters. The molecule has 0 saturated carbocycles. The number of methoxy groups -OCH3 is 2. The summed E-state index contributed by atoms with van der Waals surface area (Å²) in [5.74, 6) is 1.93. The Labute approximate surface area is 130 Å². The maximum absolute atomic E-state index is 11.6. The van der Waals surface area contributed by atoms with Gasteiger partial charge in [-0.1, -0.05) is 17.4 Å². The number of H-pyrrole nitrogens is 1. The standard InChI is InChI=1S/C13H13N3O3S2/c1-18-7-4-3-6(5-8(7)19-2)9-10-11(15-12(20)14-9)16-13(17)21-10/h3-5,9H,1-2H3,(H,16,17)(H2,14,15,20). The van der Waals surface area contributed by atoms with Crippen molar-refractivity contribution in [2.45, 2.75) is 6.04 Å². The van der Waals surface area contributed by atoms with Crippen molar-refractivity contribution in [3.63, 3.8) is 0 Å². The molecule has 2 aromatic rings. The molecule has 110 valence electrons. The first kappa shape index (κ1) is 13.9. The van der Waals surface area contributed by atoms with Crippen LogP contribution in [0.25, 0.3) is 0 Å². The van der Waals surface area contributed by atoms with Crippen LogP contribution in [0.1, 0.15) is 16.5 Å². The van der Waals surface area contributed by atoms with E-state index in [0.717, 1.165) is 21.8 Å². The van der Waals surface area contributed by atoms with Gasteiger partial charge in [-0.15, -0.1) is 0 Å². The largest absolute Gasteiger partial charge is 0.493 e. The second kappa shape index (κ2) is 5.38. The minimum Gasteiger partial charge on any atom is -0.493 e. The lowest BCUT2D eigenvalue weighted by Gasteiger charge is -2.26. The van der Waals surface area contributed by atoms with E-state index in [-0.39, 0.29) is 10.9 Å². The highest BCUT2D eigenvalue weighted by atomic mass is 32.1. The number of ether oxygens (including phenoxy) is 2. The molecule has 2 heterocycles. The molecule has 6 nitrogen and oxygen atoms in total. The molecular weight excluding hydrogens is 310 g/mol. The molecule has 1 unspecified atom stereocenters. The minimum atomic E-state index is -0.197. The number of anilines is 1. The number of aromatic nitrogens is 1. The Morgan fingerprint density at radius 1 is 1.24 bits per heavy atom. The molecule has 0 radical (unpaired) electrons. The number of hydrogen-bond acceptors (Lipinski definition) is 5. The molecule has 1 aromatic heterocycles. The highest BCUT2D eigenvalue weighted by Crippen LogP contribution is 2.36. The summed E-state index contributed by atoms with van der Waals surface area (Å²) in [7, 11) is 3.17. The van der Waals surface area contributed by atoms with E-state index in [4.69, 9.17) is 21.7 Å². The summed E-state index contributed by atoms with van der Waals surface area (Å²) in [5.41, 5.74) is 0.938. The average molecular weight is 323 g/mol. The van der Waals surface area contributed by atoms with Gasteiger partial charge in [-0.05, 0) is 29.9 Å². The fourth-order valence-electron chi connectivity index (χ4n) is 2.25. The van der Waals surface area contributed by atoms with Crippen LogP contribution in [0.4, 0.5) is 5.82 Å². The van der Waals surface area contributed by atoms with E-state index < -0.39 is 0 Å². The normalized spacial score (nSPS) is 16.7. The average Bonchev–Trinajstić information content (AvgIpc) is 2.85. The van der Waals surface area contributed by atoms with E-state index in [1.165, 1.54) is 0 Å². The second-order valence-corrected chi connectivity index (χ2v) is 5.82. The maximum Gasteiger partial charge on any atom is 0.306 e. The van der Waals surface area contributed by atoms with Gasteiger partial charge < -0.3 is 20.1 Å². The third-order valence-corrected chi connectivity index (χ3v) is 4.36. The highest BCUT2D eigenvalue weighted by molar-refractivity contribution is 7.80. The molecule has 0 bridgehead atoms. The summed E-state index contributed by atoms with van der Waals surface area (Å²) in [6, 6.07) is 5.42. The first-order valence-corrected chi connectivity index (χ1v) is 7.37. The Morgan fingerprint density at radius 3 is 2.71 bits per heavy atom. The van der Waals surface area contributed by atoms with Gasteiger partial charge in [0.05, 0.1) is 25.1 Å². The van der Waals surface area contributed by atoms with Gasteiger partial charge in [-0.3, -0.25) is 9.78 Å². The molecule has 0 fully saturated rings. The highest BCUT2D eigenvalue weighted by Gasteiger charge is 2.27. The second-order valence-electron chi connectivity index (χ2n) is 4.40. The summed E-state index contributed by atoms with van der Waals surface area (Å²) in [5, 5.41) is 6.59. The van der Waals surface area contributed by atoms with E-state index in [0.29, 0.717) is 22.4 Å². The van der Waals surface area contributed by atoms with Crippen molar-refractivity contribution in [3.05, 3.63) is 38.3 Å². The maximum atomic E-state index is 11.6. The Bertz CT molecular complexity index is 753. The molecule has 0 amide bonds. The molecular formula is C13H13N3O3S2. The van der Waals surface area contributed by atoms with Crippen LogP contribution in [-0.2, 0) is 0 Å². The van der Waals surface area contributed by atoms with Crippen molar-refractivity contribution in [2.75, 3.05) is 19.5 Å². The zero-order valence-corrected chi connectivity index (χ0v) is 13.0. The molecule has 3 N–H and O–H groups in total. The number of benzene rings is 1. The fourth-order valence-corrected chi connectivity index (χ4v) is 3.34. The lowest BCUT2D eigenvalue weighted by atomic mass is 10.0. The summed E-state index contributed by atoms with van der Waals surface area (Å²) in [4.78, 5) is 15.1. The number of hydrogen-bond donors (Lipinski definition) is 3. The van der Waals surface area contributed by atoms with E-state index >= 15 is 0 Å². The molecule has 1 aromatic carbocycles. The van der Waals surface area contributed by atoms with Crippen molar-refractivity contribution in [3.8, 4) is 11.5 Å². The van der Waals surface area contributed by atoms with Crippen molar-refractivity contribution in [1.82, 2.24) is 10.3 Å². The molecule has 1 aliphatic heterocycles. The van der Waals surface area contributed by atoms with Crippen LogP contribution in [0.2, 0.25) is 0 Å². The van der Waals surface area contributed by atoms with Gasteiger partial charge in [0.2, 0.25) is 0 Å². The van der Waals surface area contributed by atoms with Gasteiger partial charge in [0.1, 0.15) is 5.82 Å². The Balaban J connectivity index is 2.08. The smallest absolute Gasteiger partial charge is 0.306 e. The SMILES string of the molecule is COc1ccc(C2NC(=S)Nc3[nH]c(=O)sc32)cc1OC. The first-order valence-electron chi connectivity index (χ1n) is 6.15. The third kappa shape index (κ3) is 2.47. The number of rotatable bonds is 3. The molecule has 0 aliphatic carbocycles. The summed E-state index contributed by atoms with van der Waals surface area (Å²) >= 11 is 6.33. The van der Waals surface area contributed by atoms with E-state index in [1.54, 1.807) is 14.2 Å². The molecule has 0 saturated heterocycles. The van der Waals surface area contributed by atoms with Gasteiger partial charge >= 0.3 is 4.87 Å². The molecule has 0 spiro atoms. The molecule has 8 heteroatoms. The molecule has 3 rings (SSSR count). The van der Waals surface area contributed by atoms with Crippen LogP contribution in [0, 0.1) is 0 Å². The predicted octanol–water partition coefficient (Wildman–Crippen LogP) is 1.84. The number of thiocarbonyl (C=S) groups is 1. The van der Waals surface area contributed by atoms with Crippen molar-refractivity contribution in [1.29, 1.82) is 0 Å². The third-order valence-electron chi connectivity index (χ3n) is 3.19. The van der Waals surface area contributed by atoms with Crippen LogP contribution in [0.5, 0.6) is 11.5 Å². The number of fused-ring (bicyclic) bond motifs is 1. The lowest BCUT2D eigenvalue weighted by Crippen LogP contribution is -2.37. The Morgan fingerprint density at radius 2 is 2.00 bits per heavy atom.